The van der Waals surface area contributed by atoms with E-state index in [-0.39, 0.29) is 37.8 Å². The molecular weight excluding hydrogens is 374 g/mol. The first-order valence-electron chi connectivity index (χ1n) is 9.81. The maximum absolute atomic E-state index is 12.9. The van der Waals surface area contributed by atoms with E-state index < -0.39 is 12.4 Å². The van der Waals surface area contributed by atoms with Gasteiger partial charge in [-0.1, -0.05) is 60.7 Å². The van der Waals surface area contributed by atoms with Gasteiger partial charge in [0.05, 0.1) is 19.2 Å². The Balaban J connectivity index is 1.28. The first-order valence-corrected chi connectivity index (χ1v) is 9.81. The quantitative estimate of drug-likeness (QED) is 0.773. The molecule has 0 spiro atoms. The maximum atomic E-state index is 12.9. The summed E-state index contributed by atoms with van der Waals surface area (Å²) < 4.78 is 28.9. The largest absolute Gasteiger partial charge is 0.445 e. The van der Waals surface area contributed by atoms with Crippen molar-refractivity contribution in [2.45, 2.75) is 43.9 Å². The second-order valence-electron chi connectivity index (χ2n) is 7.40. The minimum Gasteiger partial charge on any atom is -0.445 e. The highest BCUT2D eigenvalue weighted by molar-refractivity contribution is 5.69. The number of benzene rings is 2. The summed E-state index contributed by atoms with van der Waals surface area (Å²) in [5, 5.41) is 0. The van der Waals surface area contributed by atoms with E-state index in [2.05, 4.69) is 0 Å². The number of hydrogen-bond donors (Lipinski definition) is 0. The van der Waals surface area contributed by atoms with E-state index in [0.29, 0.717) is 13.2 Å². The Morgan fingerprint density at radius 1 is 0.931 bits per heavy atom. The van der Waals surface area contributed by atoms with Gasteiger partial charge >= 0.3 is 6.09 Å². The van der Waals surface area contributed by atoms with Crippen molar-refractivity contribution in [3.05, 3.63) is 71.8 Å². The molecule has 3 fully saturated rings. The molecule has 0 aromatic heterocycles. The lowest BCUT2D eigenvalue weighted by Crippen LogP contribution is -2.45. The normalized spacial score (nSPS) is 30.2. The van der Waals surface area contributed by atoms with Crippen molar-refractivity contribution in [2.75, 3.05) is 13.3 Å². The molecule has 29 heavy (non-hydrogen) atoms. The molecule has 0 saturated carbocycles. The molecule has 3 aliphatic heterocycles. The van der Waals surface area contributed by atoms with Crippen molar-refractivity contribution in [1.82, 2.24) is 4.90 Å². The zero-order valence-corrected chi connectivity index (χ0v) is 15.9. The predicted octanol–water partition coefficient (Wildman–Crippen LogP) is 2.69. The molecule has 0 radical (unpaired) electrons. The first-order chi connectivity index (χ1) is 14.3. The molecule has 0 N–H and O–H groups in total. The van der Waals surface area contributed by atoms with Gasteiger partial charge in [-0.2, -0.15) is 0 Å². The zero-order valence-electron chi connectivity index (χ0n) is 15.9. The summed E-state index contributed by atoms with van der Waals surface area (Å²) in [6, 6.07) is 19.3. The summed E-state index contributed by atoms with van der Waals surface area (Å²) in [6.07, 6.45) is -1.78. The average molecular weight is 397 g/mol. The Morgan fingerprint density at radius 3 is 2.34 bits per heavy atom. The minimum atomic E-state index is -0.474. The van der Waals surface area contributed by atoms with E-state index in [1.165, 1.54) is 0 Å². The highest BCUT2D eigenvalue weighted by Crippen LogP contribution is 2.39. The van der Waals surface area contributed by atoms with Crippen molar-refractivity contribution >= 4 is 6.09 Å². The molecule has 7 heteroatoms. The standard InChI is InChI=1S/C22H23NO6/c24-22(26-13-16-9-5-2-6-10-16)23-11-17(25-12-15-7-3-1-4-8-15)19-18(23)20-21(29-19)28-14-27-20/h1-10,17-21H,11-14H2/t17-,18+,19?,20-,21+/m1/s1. The van der Waals surface area contributed by atoms with E-state index in [1.807, 2.05) is 60.7 Å². The fraction of sp³-hybridized carbons (Fsp3) is 0.409. The maximum Gasteiger partial charge on any atom is 0.410 e. The molecule has 2 aromatic carbocycles. The number of nitrogens with zero attached hydrogens (tertiary/aromatic N) is 1. The molecule has 0 aliphatic carbocycles. The van der Waals surface area contributed by atoms with Crippen LogP contribution in [0.1, 0.15) is 11.1 Å². The molecule has 5 rings (SSSR count). The Hall–Kier alpha value is -2.45. The first kappa shape index (κ1) is 18.6. The average Bonchev–Trinajstić information content (AvgIpc) is 3.44. The van der Waals surface area contributed by atoms with Gasteiger partial charge in [0.25, 0.3) is 0 Å². The Kier molecular flexibility index (Phi) is 5.20. The third-order valence-electron chi connectivity index (χ3n) is 5.58. The lowest BCUT2D eigenvalue weighted by molar-refractivity contribution is -0.145. The highest BCUT2D eigenvalue weighted by atomic mass is 16.8. The fourth-order valence-electron chi connectivity index (χ4n) is 4.16. The van der Waals surface area contributed by atoms with Crippen molar-refractivity contribution in [2.24, 2.45) is 0 Å². The highest BCUT2D eigenvalue weighted by Gasteiger charge is 2.60. The number of likely N-dealkylation sites (tertiary alicyclic amines) is 1. The van der Waals surface area contributed by atoms with Crippen LogP contribution in [0.15, 0.2) is 60.7 Å². The number of hydrogen-bond acceptors (Lipinski definition) is 6. The van der Waals surface area contributed by atoms with Crippen LogP contribution in [0.2, 0.25) is 0 Å². The SMILES string of the molecule is O=C(OCc1ccccc1)N1C[C@@H](OCc2ccccc2)C2O[C@@H]3OCO[C@@H]3[C@H]21. The van der Waals surface area contributed by atoms with Crippen LogP contribution in [-0.4, -0.2) is 55.0 Å². The van der Waals surface area contributed by atoms with Gasteiger partial charge in [0.2, 0.25) is 0 Å². The molecule has 3 heterocycles. The zero-order chi connectivity index (χ0) is 19.6. The van der Waals surface area contributed by atoms with Gasteiger partial charge in [-0.3, -0.25) is 4.90 Å². The van der Waals surface area contributed by atoms with E-state index in [1.54, 1.807) is 4.90 Å². The number of carbonyl (C=O) groups excluding carboxylic acids is 1. The van der Waals surface area contributed by atoms with Crippen LogP contribution >= 0.6 is 0 Å². The van der Waals surface area contributed by atoms with Crippen molar-refractivity contribution in [3.63, 3.8) is 0 Å². The molecule has 1 unspecified atom stereocenters. The Labute approximate surface area is 169 Å². The number of carbonyl (C=O) groups is 1. The second kappa shape index (κ2) is 8.12. The van der Waals surface area contributed by atoms with Gasteiger partial charge in [0.15, 0.2) is 13.1 Å². The molecule has 2 aromatic rings. The van der Waals surface area contributed by atoms with Crippen molar-refractivity contribution < 1.29 is 28.5 Å². The van der Waals surface area contributed by atoms with E-state index in [9.17, 15) is 4.79 Å². The van der Waals surface area contributed by atoms with Gasteiger partial charge in [-0.25, -0.2) is 4.79 Å². The van der Waals surface area contributed by atoms with Crippen molar-refractivity contribution in [1.29, 1.82) is 0 Å². The lowest BCUT2D eigenvalue weighted by atomic mass is 10.1. The van der Waals surface area contributed by atoms with Crippen LogP contribution in [0.4, 0.5) is 4.79 Å². The van der Waals surface area contributed by atoms with Crippen LogP contribution in [0.3, 0.4) is 0 Å². The van der Waals surface area contributed by atoms with E-state index in [0.717, 1.165) is 11.1 Å². The van der Waals surface area contributed by atoms with E-state index in [4.69, 9.17) is 23.7 Å². The van der Waals surface area contributed by atoms with Crippen LogP contribution < -0.4 is 0 Å². The third-order valence-corrected chi connectivity index (χ3v) is 5.58. The summed E-state index contributed by atoms with van der Waals surface area (Å²) in [4.78, 5) is 14.5. The van der Waals surface area contributed by atoms with Gasteiger partial charge < -0.3 is 23.7 Å². The Bertz CT molecular complexity index is 832. The minimum absolute atomic E-state index is 0.168. The summed E-state index contributed by atoms with van der Waals surface area (Å²) in [5.41, 5.74) is 2.01. The fourth-order valence-corrected chi connectivity index (χ4v) is 4.16. The number of ether oxygens (including phenoxy) is 5. The topological polar surface area (TPSA) is 66.5 Å². The van der Waals surface area contributed by atoms with Crippen molar-refractivity contribution in [3.8, 4) is 0 Å². The van der Waals surface area contributed by atoms with Gasteiger partial charge in [-0.15, -0.1) is 0 Å². The lowest BCUT2D eigenvalue weighted by Gasteiger charge is -2.25. The third kappa shape index (κ3) is 3.74. The van der Waals surface area contributed by atoms with Crippen LogP contribution in [0, 0.1) is 0 Å². The summed E-state index contributed by atoms with van der Waals surface area (Å²) in [6.45, 7) is 1.22. The van der Waals surface area contributed by atoms with E-state index >= 15 is 0 Å². The predicted molar refractivity (Wildman–Crippen MR) is 102 cm³/mol. The molecule has 1 amide bonds. The van der Waals surface area contributed by atoms with Gasteiger partial charge in [0.1, 0.15) is 24.9 Å². The molecule has 152 valence electrons. The molecule has 3 saturated heterocycles. The summed E-state index contributed by atoms with van der Waals surface area (Å²) in [7, 11) is 0. The molecular formula is C22H23NO6. The number of rotatable bonds is 5. The smallest absolute Gasteiger partial charge is 0.410 e. The summed E-state index contributed by atoms with van der Waals surface area (Å²) in [5.74, 6) is 0. The number of amides is 1. The van der Waals surface area contributed by atoms with Gasteiger partial charge in [-0.05, 0) is 11.1 Å². The molecule has 7 nitrogen and oxygen atoms in total. The van der Waals surface area contributed by atoms with Gasteiger partial charge in [0, 0.05) is 0 Å². The molecule has 3 aliphatic rings. The van der Waals surface area contributed by atoms with Crippen LogP contribution in [-0.2, 0) is 36.9 Å². The van der Waals surface area contributed by atoms with Crippen LogP contribution in [0.25, 0.3) is 0 Å². The monoisotopic (exact) mass is 397 g/mol. The second-order valence-corrected chi connectivity index (χ2v) is 7.40. The Morgan fingerprint density at radius 2 is 1.62 bits per heavy atom. The molecule has 0 bridgehead atoms. The molecule has 5 atom stereocenters. The van der Waals surface area contributed by atoms with Crippen LogP contribution in [0.5, 0.6) is 0 Å². The number of fused-ring (bicyclic) bond motifs is 3. The summed E-state index contributed by atoms with van der Waals surface area (Å²) >= 11 is 0.